The molecular weight excluding hydrogens is 253 g/mol. The molecule has 0 aliphatic carbocycles. The van der Waals surface area contributed by atoms with E-state index in [9.17, 15) is 4.39 Å². The van der Waals surface area contributed by atoms with Crippen molar-refractivity contribution in [3.05, 3.63) is 35.6 Å². The van der Waals surface area contributed by atoms with Crippen molar-refractivity contribution in [1.29, 1.82) is 0 Å². The first-order valence-corrected chi connectivity index (χ1v) is 7.85. The summed E-state index contributed by atoms with van der Waals surface area (Å²) in [5, 5.41) is 3.40. The molecule has 0 bridgehead atoms. The molecule has 0 aromatic heterocycles. The van der Waals surface area contributed by atoms with Crippen LogP contribution in [0.15, 0.2) is 24.3 Å². The summed E-state index contributed by atoms with van der Waals surface area (Å²) in [5.41, 5.74) is 0.836. The molecule has 3 heteroatoms. The Morgan fingerprint density at radius 2 is 2.25 bits per heavy atom. The Morgan fingerprint density at radius 3 is 2.95 bits per heavy atom. The monoisotopic (exact) mass is 279 g/mol. The zero-order chi connectivity index (χ0) is 14.2. The largest absolute Gasteiger partial charge is 0.378 e. The van der Waals surface area contributed by atoms with Crippen LogP contribution >= 0.6 is 0 Å². The molecule has 0 amide bonds. The van der Waals surface area contributed by atoms with E-state index < -0.39 is 0 Å². The molecule has 2 rings (SSSR count). The molecule has 1 aliphatic heterocycles. The number of halogens is 1. The van der Waals surface area contributed by atoms with Crippen molar-refractivity contribution in [1.82, 2.24) is 5.32 Å². The van der Waals surface area contributed by atoms with Gasteiger partial charge in [-0.1, -0.05) is 25.1 Å². The Labute approximate surface area is 121 Å². The quantitative estimate of drug-likeness (QED) is 0.785. The molecule has 20 heavy (non-hydrogen) atoms. The number of nitrogens with one attached hydrogen (secondary N) is 1. The molecule has 1 heterocycles. The fraction of sp³-hybridized carbons (Fsp3) is 0.647. The number of ether oxygens (including phenoxy) is 1. The van der Waals surface area contributed by atoms with Crippen molar-refractivity contribution in [2.45, 2.75) is 45.1 Å². The van der Waals surface area contributed by atoms with Gasteiger partial charge in [0.05, 0.1) is 6.10 Å². The van der Waals surface area contributed by atoms with Gasteiger partial charge >= 0.3 is 0 Å². The maximum atomic E-state index is 13.8. The molecule has 0 radical (unpaired) electrons. The molecule has 1 aromatic carbocycles. The topological polar surface area (TPSA) is 21.3 Å². The van der Waals surface area contributed by atoms with E-state index in [0.717, 1.165) is 44.5 Å². The van der Waals surface area contributed by atoms with E-state index in [2.05, 4.69) is 12.2 Å². The predicted molar refractivity (Wildman–Crippen MR) is 80.3 cm³/mol. The molecular formula is C17H26FNO. The summed E-state index contributed by atoms with van der Waals surface area (Å²) in [7, 11) is 0. The summed E-state index contributed by atoms with van der Waals surface area (Å²) in [6, 6.07) is 7.13. The van der Waals surface area contributed by atoms with Crippen molar-refractivity contribution >= 4 is 0 Å². The number of hydrogen-bond acceptors (Lipinski definition) is 2. The second-order valence-electron chi connectivity index (χ2n) is 5.68. The van der Waals surface area contributed by atoms with E-state index in [1.165, 1.54) is 12.8 Å². The van der Waals surface area contributed by atoms with E-state index in [4.69, 9.17) is 4.74 Å². The normalized spacial score (nSPS) is 20.2. The average molecular weight is 279 g/mol. The van der Waals surface area contributed by atoms with Crippen molar-refractivity contribution < 1.29 is 9.13 Å². The lowest BCUT2D eigenvalue weighted by Gasteiger charge is -2.19. The van der Waals surface area contributed by atoms with Gasteiger partial charge in [-0.25, -0.2) is 4.39 Å². The Balaban J connectivity index is 1.87. The lowest BCUT2D eigenvalue weighted by atomic mass is 9.92. The van der Waals surface area contributed by atoms with Crippen LogP contribution < -0.4 is 5.32 Å². The summed E-state index contributed by atoms with van der Waals surface area (Å²) >= 11 is 0. The first kappa shape index (κ1) is 15.5. The van der Waals surface area contributed by atoms with Crippen LogP contribution in [0.4, 0.5) is 4.39 Å². The van der Waals surface area contributed by atoms with Crippen molar-refractivity contribution in [3.63, 3.8) is 0 Å². The molecule has 2 nitrogen and oxygen atoms in total. The number of hydrogen-bond donors (Lipinski definition) is 1. The molecule has 1 aromatic rings. The van der Waals surface area contributed by atoms with Crippen LogP contribution in [-0.4, -0.2) is 25.8 Å². The molecule has 1 saturated heterocycles. The Bertz CT molecular complexity index is 390. The highest BCUT2D eigenvalue weighted by atomic mass is 19.1. The predicted octanol–water partition coefficient (Wildman–Crippen LogP) is 3.55. The van der Waals surface area contributed by atoms with Gasteiger partial charge < -0.3 is 10.1 Å². The minimum absolute atomic E-state index is 0.0777. The molecule has 1 aliphatic rings. The second-order valence-corrected chi connectivity index (χ2v) is 5.68. The fourth-order valence-corrected chi connectivity index (χ4v) is 2.89. The van der Waals surface area contributed by atoms with Crippen LogP contribution in [0.1, 0.15) is 38.2 Å². The van der Waals surface area contributed by atoms with Crippen molar-refractivity contribution in [3.8, 4) is 0 Å². The SMILES string of the molecule is CCNCC(CCC1CCCO1)Cc1ccccc1F. The summed E-state index contributed by atoms with van der Waals surface area (Å²) in [5.74, 6) is 0.405. The smallest absolute Gasteiger partial charge is 0.126 e. The molecule has 2 atom stereocenters. The van der Waals surface area contributed by atoms with E-state index >= 15 is 0 Å². The molecule has 1 fully saturated rings. The van der Waals surface area contributed by atoms with E-state index in [1.807, 2.05) is 12.1 Å². The van der Waals surface area contributed by atoms with Crippen LogP contribution in [0.3, 0.4) is 0 Å². The van der Waals surface area contributed by atoms with Crippen molar-refractivity contribution in [2.24, 2.45) is 5.92 Å². The lowest BCUT2D eigenvalue weighted by Crippen LogP contribution is -2.25. The third-order valence-electron chi connectivity index (χ3n) is 4.07. The van der Waals surface area contributed by atoms with Gasteiger partial charge in [-0.05, 0) is 62.7 Å². The van der Waals surface area contributed by atoms with E-state index in [-0.39, 0.29) is 5.82 Å². The highest BCUT2D eigenvalue weighted by molar-refractivity contribution is 5.17. The van der Waals surface area contributed by atoms with E-state index in [1.54, 1.807) is 12.1 Å². The first-order chi connectivity index (χ1) is 9.79. The standard InChI is InChI=1S/C17H26FNO/c1-2-19-13-14(9-10-16-7-5-11-20-16)12-15-6-3-4-8-17(15)18/h3-4,6,8,14,16,19H,2,5,7,9-13H2,1H3. The van der Waals surface area contributed by atoms with Gasteiger partial charge in [0.2, 0.25) is 0 Å². The molecule has 0 saturated carbocycles. The second kappa shape index (κ2) is 8.38. The van der Waals surface area contributed by atoms with Crippen LogP contribution in [0.25, 0.3) is 0 Å². The lowest BCUT2D eigenvalue weighted by molar-refractivity contribution is 0.0979. The van der Waals surface area contributed by atoms with Crippen LogP contribution in [0, 0.1) is 11.7 Å². The third-order valence-corrected chi connectivity index (χ3v) is 4.07. The van der Waals surface area contributed by atoms with Crippen LogP contribution in [0.5, 0.6) is 0 Å². The highest BCUT2D eigenvalue weighted by Crippen LogP contribution is 2.22. The Hall–Kier alpha value is -0.930. The Morgan fingerprint density at radius 1 is 1.40 bits per heavy atom. The summed E-state index contributed by atoms with van der Waals surface area (Å²) in [6.45, 7) is 4.95. The van der Waals surface area contributed by atoms with Crippen LogP contribution in [-0.2, 0) is 11.2 Å². The van der Waals surface area contributed by atoms with Gasteiger partial charge in [-0.15, -0.1) is 0 Å². The maximum Gasteiger partial charge on any atom is 0.126 e. The van der Waals surface area contributed by atoms with Gasteiger partial charge in [-0.3, -0.25) is 0 Å². The minimum atomic E-state index is -0.0777. The van der Waals surface area contributed by atoms with E-state index in [0.29, 0.717) is 12.0 Å². The average Bonchev–Trinajstić information content (AvgIpc) is 2.97. The summed E-state index contributed by atoms with van der Waals surface area (Å²) in [6.07, 6.45) is 5.83. The van der Waals surface area contributed by atoms with Gasteiger partial charge in [0, 0.05) is 6.61 Å². The summed E-state index contributed by atoms with van der Waals surface area (Å²) < 4.78 is 19.5. The number of benzene rings is 1. The Kier molecular flexibility index (Phi) is 6.48. The maximum absolute atomic E-state index is 13.8. The zero-order valence-corrected chi connectivity index (χ0v) is 12.4. The highest BCUT2D eigenvalue weighted by Gasteiger charge is 2.18. The van der Waals surface area contributed by atoms with Crippen LogP contribution in [0.2, 0.25) is 0 Å². The molecule has 1 N–H and O–H groups in total. The minimum Gasteiger partial charge on any atom is -0.378 e. The molecule has 0 spiro atoms. The van der Waals surface area contributed by atoms with Gasteiger partial charge in [0.1, 0.15) is 5.82 Å². The van der Waals surface area contributed by atoms with Crippen molar-refractivity contribution in [2.75, 3.05) is 19.7 Å². The fourth-order valence-electron chi connectivity index (χ4n) is 2.89. The van der Waals surface area contributed by atoms with Gasteiger partial charge in [-0.2, -0.15) is 0 Å². The molecule has 2 unspecified atom stereocenters. The molecule has 112 valence electrons. The number of rotatable bonds is 8. The first-order valence-electron chi connectivity index (χ1n) is 7.85. The summed E-state index contributed by atoms with van der Waals surface area (Å²) in [4.78, 5) is 0. The zero-order valence-electron chi connectivity index (χ0n) is 12.4. The third kappa shape index (κ3) is 4.88. The van der Waals surface area contributed by atoms with Gasteiger partial charge in [0.25, 0.3) is 0 Å². The van der Waals surface area contributed by atoms with Gasteiger partial charge in [0.15, 0.2) is 0 Å².